The molecule has 0 amide bonds. The van der Waals surface area contributed by atoms with Gasteiger partial charge in [0.1, 0.15) is 0 Å². The van der Waals surface area contributed by atoms with Crippen molar-refractivity contribution < 1.29 is 0 Å². The summed E-state index contributed by atoms with van der Waals surface area (Å²) in [4.78, 5) is 19.6. The van der Waals surface area contributed by atoms with Crippen molar-refractivity contribution in [2.75, 3.05) is 7.05 Å². The van der Waals surface area contributed by atoms with Gasteiger partial charge in [-0.2, -0.15) is 0 Å². The highest BCUT2D eigenvalue weighted by molar-refractivity contribution is 7.12. The number of aromatic amines is 2. The first-order valence-corrected chi connectivity index (χ1v) is 7.50. The van der Waals surface area contributed by atoms with Gasteiger partial charge in [-0.15, -0.1) is 11.3 Å². The molecule has 0 aliphatic heterocycles. The van der Waals surface area contributed by atoms with Crippen LogP contribution in [0.1, 0.15) is 28.3 Å². The highest BCUT2D eigenvalue weighted by Gasteiger charge is 2.15. The second kappa shape index (κ2) is 5.26. The first-order valence-electron chi connectivity index (χ1n) is 6.69. The molecule has 3 aromatic rings. The fourth-order valence-corrected chi connectivity index (χ4v) is 3.53. The van der Waals surface area contributed by atoms with Crippen molar-refractivity contribution in [3.63, 3.8) is 0 Å². The highest BCUT2D eigenvalue weighted by atomic mass is 32.1. The smallest absolute Gasteiger partial charge is 0.309 e. The summed E-state index contributed by atoms with van der Waals surface area (Å²) in [6.45, 7) is 2.17. The summed E-state index contributed by atoms with van der Waals surface area (Å²) in [5.41, 5.74) is 2.68. The standard InChI is InChI=1S/C15H17N3OS/c1-3-10-5-7-13(20-10)14(16-2)9-4-6-11-12(8-9)18-15(19)17-11/h4-8,14,16H,3H2,1-2H3,(H2,17,18,19). The van der Waals surface area contributed by atoms with Gasteiger partial charge in [0.2, 0.25) is 0 Å². The Hall–Kier alpha value is -1.85. The molecule has 0 radical (unpaired) electrons. The van der Waals surface area contributed by atoms with E-state index in [4.69, 9.17) is 0 Å². The molecule has 5 heteroatoms. The lowest BCUT2D eigenvalue weighted by Gasteiger charge is -2.15. The van der Waals surface area contributed by atoms with E-state index in [0.29, 0.717) is 0 Å². The Labute approximate surface area is 120 Å². The van der Waals surface area contributed by atoms with E-state index >= 15 is 0 Å². The molecule has 3 N–H and O–H groups in total. The molecular formula is C15H17N3OS. The fourth-order valence-electron chi connectivity index (χ4n) is 2.44. The summed E-state index contributed by atoms with van der Waals surface area (Å²) < 4.78 is 0. The molecule has 4 nitrogen and oxygen atoms in total. The Bertz CT molecular complexity index is 784. The Morgan fingerprint density at radius 2 is 2.00 bits per heavy atom. The summed E-state index contributed by atoms with van der Waals surface area (Å²) in [5.74, 6) is 0. The van der Waals surface area contributed by atoms with Crippen LogP contribution < -0.4 is 11.0 Å². The van der Waals surface area contributed by atoms with Crippen LogP contribution in [0.3, 0.4) is 0 Å². The maximum Gasteiger partial charge on any atom is 0.323 e. The van der Waals surface area contributed by atoms with Crippen LogP contribution in [0.2, 0.25) is 0 Å². The van der Waals surface area contributed by atoms with E-state index in [1.54, 1.807) is 0 Å². The van der Waals surface area contributed by atoms with Crippen molar-refractivity contribution in [1.29, 1.82) is 0 Å². The number of rotatable bonds is 4. The molecule has 20 heavy (non-hydrogen) atoms. The molecule has 1 unspecified atom stereocenters. The van der Waals surface area contributed by atoms with Gasteiger partial charge in [0.05, 0.1) is 17.1 Å². The van der Waals surface area contributed by atoms with Gasteiger partial charge < -0.3 is 15.3 Å². The van der Waals surface area contributed by atoms with E-state index in [1.165, 1.54) is 9.75 Å². The topological polar surface area (TPSA) is 60.7 Å². The van der Waals surface area contributed by atoms with E-state index in [9.17, 15) is 4.79 Å². The van der Waals surface area contributed by atoms with Gasteiger partial charge in [-0.3, -0.25) is 0 Å². The van der Waals surface area contributed by atoms with Crippen molar-refractivity contribution in [3.05, 3.63) is 56.1 Å². The van der Waals surface area contributed by atoms with E-state index in [2.05, 4.69) is 40.4 Å². The number of thiophene rings is 1. The molecular weight excluding hydrogens is 270 g/mol. The molecule has 104 valence electrons. The monoisotopic (exact) mass is 287 g/mol. The molecule has 0 spiro atoms. The Morgan fingerprint density at radius 3 is 2.70 bits per heavy atom. The van der Waals surface area contributed by atoms with Crippen LogP contribution in [0, 0.1) is 0 Å². The maximum atomic E-state index is 11.3. The molecule has 2 aromatic heterocycles. The van der Waals surface area contributed by atoms with Gasteiger partial charge in [-0.25, -0.2) is 4.79 Å². The molecule has 0 aliphatic rings. The van der Waals surface area contributed by atoms with Crippen LogP contribution in [-0.2, 0) is 6.42 Å². The second-order valence-corrected chi connectivity index (χ2v) is 5.96. The minimum Gasteiger partial charge on any atom is -0.309 e. The van der Waals surface area contributed by atoms with Crippen LogP contribution >= 0.6 is 11.3 Å². The van der Waals surface area contributed by atoms with Crippen molar-refractivity contribution in [1.82, 2.24) is 15.3 Å². The lowest BCUT2D eigenvalue weighted by Crippen LogP contribution is -2.16. The molecule has 0 fully saturated rings. The number of hydrogen-bond donors (Lipinski definition) is 3. The van der Waals surface area contributed by atoms with Crippen LogP contribution in [0.4, 0.5) is 0 Å². The number of fused-ring (bicyclic) bond motifs is 1. The predicted molar refractivity (Wildman–Crippen MR) is 83.5 cm³/mol. The van der Waals surface area contributed by atoms with Gasteiger partial charge in [0.15, 0.2) is 0 Å². The van der Waals surface area contributed by atoms with Crippen molar-refractivity contribution >= 4 is 22.4 Å². The molecule has 0 bridgehead atoms. The van der Waals surface area contributed by atoms with Crippen LogP contribution in [-0.4, -0.2) is 17.0 Å². The van der Waals surface area contributed by atoms with Gasteiger partial charge in [-0.1, -0.05) is 13.0 Å². The molecule has 1 atom stereocenters. The van der Waals surface area contributed by atoms with Crippen molar-refractivity contribution in [2.24, 2.45) is 0 Å². The minimum absolute atomic E-state index is 0.156. The minimum atomic E-state index is -0.164. The van der Waals surface area contributed by atoms with Gasteiger partial charge in [-0.05, 0) is 43.3 Å². The number of benzene rings is 1. The molecule has 3 rings (SSSR count). The second-order valence-electron chi connectivity index (χ2n) is 4.76. The van der Waals surface area contributed by atoms with Gasteiger partial charge in [0, 0.05) is 9.75 Å². The zero-order chi connectivity index (χ0) is 14.1. The molecule has 0 saturated heterocycles. The zero-order valence-corrected chi connectivity index (χ0v) is 12.3. The van der Waals surface area contributed by atoms with E-state index in [0.717, 1.165) is 23.0 Å². The fraction of sp³-hybridized carbons (Fsp3) is 0.267. The Balaban J connectivity index is 2.03. The third kappa shape index (κ3) is 2.30. The quantitative estimate of drug-likeness (QED) is 0.691. The lowest BCUT2D eigenvalue weighted by atomic mass is 10.0. The summed E-state index contributed by atoms with van der Waals surface area (Å²) >= 11 is 1.83. The largest absolute Gasteiger partial charge is 0.323 e. The third-order valence-electron chi connectivity index (χ3n) is 3.48. The molecule has 0 aliphatic carbocycles. The van der Waals surface area contributed by atoms with Crippen molar-refractivity contribution in [2.45, 2.75) is 19.4 Å². The van der Waals surface area contributed by atoms with Gasteiger partial charge in [0.25, 0.3) is 0 Å². The predicted octanol–water partition coefficient (Wildman–Crippen LogP) is 2.79. The average Bonchev–Trinajstić information content (AvgIpc) is 3.04. The maximum absolute atomic E-state index is 11.3. The van der Waals surface area contributed by atoms with E-state index in [-0.39, 0.29) is 11.7 Å². The highest BCUT2D eigenvalue weighted by Crippen LogP contribution is 2.29. The summed E-state index contributed by atoms with van der Waals surface area (Å²) in [7, 11) is 1.96. The SMILES string of the molecule is CCc1ccc(C(NC)c2ccc3[nH]c(=O)[nH]c3c2)s1. The lowest BCUT2D eigenvalue weighted by molar-refractivity contribution is 0.704. The van der Waals surface area contributed by atoms with E-state index < -0.39 is 0 Å². The normalized spacial score (nSPS) is 12.9. The molecule has 0 saturated carbocycles. The first kappa shape index (κ1) is 13.1. The Kier molecular flexibility index (Phi) is 3.46. The zero-order valence-electron chi connectivity index (χ0n) is 11.5. The number of nitrogens with one attached hydrogen (secondary N) is 3. The molecule has 1 aromatic carbocycles. The Morgan fingerprint density at radius 1 is 1.20 bits per heavy atom. The van der Waals surface area contributed by atoms with Gasteiger partial charge >= 0.3 is 5.69 Å². The third-order valence-corrected chi connectivity index (χ3v) is 4.77. The number of aryl methyl sites for hydroxylation is 1. The van der Waals surface area contributed by atoms with Crippen LogP contribution in [0.5, 0.6) is 0 Å². The first-order chi connectivity index (χ1) is 9.71. The summed E-state index contributed by atoms with van der Waals surface area (Å²) in [6, 6.07) is 10.5. The van der Waals surface area contributed by atoms with Crippen LogP contribution in [0.15, 0.2) is 35.1 Å². The number of imidazole rings is 1. The van der Waals surface area contributed by atoms with Crippen LogP contribution in [0.25, 0.3) is 11.0 Å². The van der Waals surface area contributed by atoms with Crippen molar-refractivity contribution in [3.8, 4) is 0 Å². The summed E-state index contributed by atoms with van der Waals surface area (Å²) in [6.07, 6.45) is 1.06. The number of H-pyrrole nitrogens is 2. The average molecular weight is 287 g/mol. The van der Waals surface area contributed by atoms with E-state index in [1.807, 2.05) is 30.5 Å². The number of hydrogen-bond acceptors (Lipinski definition) is 3. The summed E-state index contributed by atoms with van der Waals surface area (Å²) in [5, 5.41) is 3.35. The number of aromatic nitrogens is 2. The molecule has 2 heterocycles.